The normalized spacial score (nSPS) is 22.7. The van der Waals surface area contributed by atoms with Crippen molar-refractivity contribution in [1.29, 1.82) is 0 Å². The minimum absolute atomic E-state index is 0.00275. The first-order valence-electron chi connectivity index (χ1n) is 12.5. The molecule has 6 heteroatoms. The van der Waals surface area contributed by atoms with E-state index < -0.39 is 5.41 Å². The minimum Gasteiger partial charge on any atom is -0.497 e. The maximum atomic E-state index is 13.5. The van der Waals surface area contributed by atoms with E-state index in [0.29, 0.717) is 32.7 Å². The molecule has 0 bridgehead atoms. The second kappa shape index (κ2) is 11.2. The highest BCUT2D eigenvalue weighted by atomic mass is 16.5. The molecule has 0 unspecified atom stereocenters. The molecule has 1 amide bonds. The summed E-state index contributed by atoms with van der Waals surface area (Å²) in [6.45, 7) is 9.72. The topological polar surface area (TPSA) is 60.0 Å². The van der Waals surface area contributed by atoms with E-state index in [9.17, 15) is 4.79 Å². The maximum absolute atomic E-state index is 13.5. The highest BCUT2D eigenvalue weighted by Gasteiger charge is 2.41. The van der Waals surface area contributed by atoms with E-state index >= 15 is 0 Å². The van der Waals surface area contributed by atoms with Gasteiger partial charge in [-0.3, -0.25) is 9.69 Å². The van der Waals surface area contributed by atoms with E-state index in [4.69, 9.17) is 14.2 Å². The summed E-state index contributed by atoms with van der Waals surface area (Å²) in [6.07, 6.45) is 2.62. The number of carbonyl (C=O) groups excluding carboxylic acids is 1. The zero-order chi connectivity index (χ0) is 24.0. The molecule has 2 aromatic rings. The Bertz CT molecular complexity index is 912. The second-order valence-corrected chi connectivity index (χ2v) is 9.96. The fourth-order valence-electron chi connectivity index (χ4n) is 5.43. The van der Waals surface area contributed by atoms with Crippen molar-refractivity contribution in [2.75, 3.05) is 51.9 Å². The van der Waals surface area contributed by atoms with Crippen LogP contribution in [0.2, 0.25) is 0 Å². The van der Waals surface area contributed by atoms with Gasteiger partial charge < -0.3 is 19.5 Å². The van der Waals surface area contributed by atoms with Crippen molar-refractivity contribution < 1.29 is 19.0 Å². The largest absolute Gasteiger partial charge is 0.497 e. The summed E-state index contributed by atoms with van der Waals surface area (Å²) in [7, 11) is 1.65. The van der Waals surface area contributed by atoms with Gasteiger partial charge in [-0.05, 0) is 73.1 Å². The van der Waals surface area contributed by atoms with Crippen LogP contribution in [0.15, 0.2) is 48.5 Å². The Balaban J connectivity index is 1.35. The van der Waals surface area contributed by atoms with E-state index in [2.05, 4.69) is 24.1 Å². The lowest BCUT2D eigenvalue weighted by Gasteiger charge is -2.36. The van der Waals surface area contributed by atoms with E-state index in [1.165, 1.54) is 6.42 Å². The van der Waals surface area contributed by atoms with Crippen LogP contribution in [0, 0.1) is 11.8 Å². The zero-order valence-corrected chi connectivity index (χ0v) is 20.7. The molecule has 0 saturated carbocycles. The predicted octanol–water partition coefficient (Wildman–Crippen LogP) is 4.74. The molecule has 6 nitrogen and oxygen atoms in total. The summed E-state index contributed by atoms with van der Waals surface area (Å²) in [4.78, 5) is 16.0. The van der Waals surface area contributed by atoms with Crippen LogP contribution < -0.4 is 14.8 Å². The van der Waals surface area contributed by atoms with Crippen LogP contribution in [-0.2, 0) is 14.9 Å². The fraction of sp³-hybridized carbons (Fsp3) is 0.536. The summed E-state index contributed by atoms with van der Waals surface area (Å²) in [5.41, 5.74) is 1.16. The molecule has 0 aliphatic carbocycles. The monoisotopic (exact) mass is 466 g/mol. The zero-order valence-electron chi connectivity index (χ0n) is 20.7. The van der Waals surface area contributed by atoms with Crippen LogP contribution in [0.4, 0.5) is 5.69 Å². The Morgan fingerprint density at radius 1 is 1.00 bits per heavy atom. The number of nitrogens with zero attached hydrogens (tertiary/aromatic N) is 1. The average molecular weight is 467 g/mol. The van der Waals surface area contributed by atoms with E-state index in [1.807, 2.05) is 48.5 Å². The number of likely N-dealkylation sites (tertiary alicyclic amines) is 1. The van der Waals surface area contributed by atoms with Crippen LogP contribution in [0.5, 0.6) is 11.5 Å². The number of carbonyl (C=O) groups is 1. The Morgan fingerprint density at radius 2 is 1.62 bits per heavy atom. The second-order valence-electron chi connectivity index (χ2n) is 9.96. The molecule has 2 fully saturated rings. The van der Waals surface area contributed by atoms with Gasteiger partial charge in [0.25, 0.3) is 0 Å². The Morgan fingerprint density at radius 3 is 2.24 bits per heavy atom. The number of anilines is 1. The van der Waals surface area contributed by atoms with Gasteiger partial charge in [-0.1, -0.05) is 26.0 Å². The number of piperidine rings is 1. The van der Waals surface area contributed by atoms with Gasteiger partial charge in [0.1, 0.15) is 18.1 Å². The molecule has 0 spiro atoms. The number of hydrogen-bond acceptors (Lipinski definition) is 5. The maximum Gasteiger partial charge on any atom is 0.235 e. The van der Waals surface area contributed by atoms with Crippen molar-refractivity contribution >= 4 is 11.6 Å². The molecule has 2 aromatic carbocycles. The summed E-state index contributed by atoms with van der Waals surface area (Å²) in [5, 5.41) is 3.13. The highest BCUT2D eigenvalue weighted by Crippen LogP contribution is 2.37. The van der Waals surface area contributed by atoms with Crippen molar-refractivity contribution in [2.45, 2.75) is 38.5 Å². The van der Waals surface area contributed by atoms with Crippen molar-refractivity contribution in [3.63, 3.8) is 0 Å². The molecule has 34 heavy (non-hydrogen) atoms. The number of nitrogens with one attached hydrogen (secondary N) is 1. The first-order valence-corrected chi connectivity index (χ1v) is 12.5. The van der Waals surface area contributed by atoms with Gasteiger partial charge in [0.2, 0.25) is 5.91 Å². The predicted molar refractivity (Wildman–Crippen MR) is 135 cm³/mol. The van der Waals surface area contributed by atoms with Crippen LogP contribution in [0.1, 0.15) is 38.7 Å². The van der Waals surface area contributed by atoms with Gasteiger partial charge in [0.15, 0.2) is 0 Å². The lowest BCUT2D eigenvalue weighted by atomic mass is 9.73. The minimum atomic E-state index is -0.609. The summed E-state index contributed by atoms with van der Waals surface area (Å²) >= 11 is 0. The van der Waals surface area contributed by atoms with Crippen LogP contribution in [0.25, 0.3) is 0 Å². The summed E-state index contributed by atoms with van der Waals surface area (Å²) in [6, 6.07) is 15.5. The highest BCUT2D eigenvalue weighted by molar-refractivity contribution is 5.99. The van der Waals surface area contributed by atoms with Crippen molar-refractivity contribution in [2.24, 2.45) is 11.8 Å². The van der Waals surface area contributed by atoms with Gasteiger partial charge in [-0.2, -0.15) is 0 Å². The number of hydrogen-bond donors (Lipinski definition) is 1. The van der Waals surface area contributed by atoms with Crippen LogP contribution in [0.3, 0.4) is 0 Å². The fourth-order valence-corrected chi connectivity index (χ4v) is 5.43. The third-order valence-corrected chi connectivity index (χ3v) is 7.16. The van der Waals surface area contributed by atoms with E-state index in [0.717, 1.165) is 54.2 Å². The van der Waals surface area contributed by atoms with Crippen LogP contribution >= 0.6 is 0 Å². The number of ether oxygens (including phenoxy) is 3. The molecule has 4 rings (SSSR count). The van der Waals surface area contributed by atoms with E-state index in [-0.39, 0.29) is 5.91 Å². The Kier molecular flexibility index (Phi) is 8.11. The number of benzene rings is 2. The summed E-state index contributed by atoms with van der Waals surface area (Å²) in [5.74, 6) is 3.12. The molecule has 0 aromatic heterocycles. The quantitative estimate of drug-likeness (QED) is 0.609. The molecule has 0 radical (unpaired) electrons. The SMILES string of the molecule is COc1ccc(C2(C(=O)Nc3ccc(OCCN4C[C@H](C)C[C@H](C)C4)cc3)CCOCC2)cc1. The molecule has 2 heterocycles. The lowest BCUT2D eigenvalue weighted by Crippen LogP contribution is -2.44. The molecule has 2 atom stereocenters. The van der Waals surface area contributed by atoms with E-state index in [1.54, 1.807) is 7.11 Å². The number of methoxy groups -OCH3 is 1. The van der Waals surface area contributed by atoms with Gasteiger partial charge in [-0.25, -0.2) is 0 Å². The first-order chi connectivity index (χ1) is 16.5. The average Bonchev–Trinajstić information content (AvgIpc) is 2.85. The Hall–Kier alpha value is -2.57. The molecular formula is C28H38N2O4. The van der Waals surface area contributed by atoms with Gasteiger partial charge >= 0.3 is 0 Å². The van der Waals surface area contributed by atoms with Crippen molar-refractivity contribution in [1.82, 2.24) is 4.90 Å². The van der Waals surface area contributed by atoms with Gasteiger partial charge in [-0.15, -0.1) is 0 Å². The third kappa shape index (κ3) is 5.91. The molecule has 2 saturated heterocycles. The lowest BCUT2D eigenvalue weighted by molar-refractivity contribution is -0.125. The molecule has 1 N–H and O–H groups in total. The van der Waals surface area contributed by atoms with Crippen molar-refractivity contribution in [3.8, 4) is 11.5 Å². The third-order valence-electron chi connectivity index (χ3n) is 7.16. The molecule has 2 aliphatic heterocycles. The van der Waals surface area contributed by atoms with Crippen molar-refractivity contribution in [3.05, 3.63) is 54.1 Å². The van der Waals surface area contributed by atoms with Crippen LogP contribution in [-0.4, -0.2) is 57.4 Å². The first kappa shape index (κ1) is 24.6. The molecule has 184 valence electrons. The standard InChI is InChI=1S/C28H38N2O4/c1-21-18-22(2)20-30(19-21)14-17-34-26-10-6-24(7-11-26)29-27(31)28(12-15-33-16-13-28)23-4-8-25(32-3)9-5-23/h4-11,21-22H,12-20H2,1-3H3,(H,29,31)/t21-,22+. The summed E-state index contributed by atoms with van der Waals surface area (Å²) < 4.78 is 16.8. The van der Waals surface area contributed by atoms with Gasteiger partial charge in [0, 0.05) is 38.5 Å². The van der Waals surface area contributed by atoms with Gasteiger partial charge in [0.05, 0.1) is 12.5 Å². The Labute approximate surface area is 203 Å². The number of rotatable bonds is 8. The molecular weight excluding hydrogens is 428 g/mol. The smallest absolute Gasteiger partial charge is 0.235 e. The molecule has 2 aliphatic rings. The number of amides is 1.